The third-order valence-electron chi connectivity index (χ3n) is 1.56. The van der Waals surface area contributed by atoms with Crippen molar-refractivity contribution in [1.82, 2.24) is 4.98 Å². The molecule has 78 valence electrons. The molecule has 1 atom stereocenters. The Morgan fingerprint density at radius 2 is 2.07 bits per heavy atom. The minimum Gasteiger partial charge on any atom is -0.367 e. The number of methoxy groups -OCH3 is 1. The molecule has 0 aliphatic rings. The summed E-state index contributed by atoms with van der Waals surface area (Å²) in [5, 5.41) is 0. The van der Waals surface area contributed by atoms with Crippen molar-refractivity contribution in [3.63, 3.8) is 0 Å². The first kappa shape index (κ1) is 11.5. The van der Waals surface area contributed by atoms with Gasteiger partial charge in [-0.2, -0.15) is 13.2 Å². The third-order valence-corrected chi connectivity index (χ3v) is 2.00. The summed E-state index contributed by atoms with van der Waals surface area (Å²) in [6.07, 6.45) is -3.80. The van der Waals surface area contributed by atoms with Crippen LogP contribution >= 0.6 is 15.9 Å². The predicted molar refractivity (Wildman–Crippen MR) is 47.7 cm³/mol. The normalized spacial score (nSPS) is 14.1. The Hall–Kier alpha value is -0.620. The molecule has 2 nitrogen and oxygen atoms in total. The lowest BCUT2D eigenvalue weighted by Gasteiger charge is -2.18. The van der Waals surface area contributed by atoms with Gasteiger partial charge in [0.2, 0.25) is 0 Å². The number of hydrogen-bond acceptors (Lipinski definition) is 2. The fraction of sp³-hybridized carbons (Fsp3) is 0.375. The maximum atomic E-state index is 12.4. The Labute approximate surface area is 87.2 Å². The van der Waals surface area contributed by atoms with Gasteiger partial charge in [0.1, 0.15) is 0 Å². The van der Waals surface area contributed by atoms with Gasteiger partial charge in [-0.15, -0.1) is 0 Å². The highest BCUT2D eigenvalue weighted by molar-refractivity contribution is 9.10. The summed E-state index contributed by atoms with van der Waals surface area (Å²) >= 11 is 3.04. The molecule has 14 heavy (non-hydrogen) atoms. The second-order valence-electron chi connectivity index (χ2n) is 2.59. The van der Waals surface area contributed by atoms with Crippen LogP contribution in [0.5, 0.6) is 0 Å². The van der Waals surface area contributed by atoms with Crippen LogP contribution in [0.25, 0.3) is 0 Å². The van der Waals surface area contributed by atoms with Gasteiger partial charge < -0.3 is 4.74 Å². The van der Waals surface area contributed by atoms with Crippen LogP contribution in [0.4, 0.5) is 13.2 Å². The third kappa shape index (κ3) is 2.68. The van der Waals surface area contributed by atoms with E-state index in [1.807, 2.05) is 0 Å². The Bertz CT molecular complexity index is 316. The van der Waals surface area contributed by atoms with Gasteiger partial charge in [0, 0.05) is 29.5 Å². The van der Waals surface area contributed by atoms with Crippen LogP contribution in [0.1, 0.15) is 11.7 Å². The molecule has 0 amide bonds. The standard InChI is InChI=1S/C8H7BrF3NO/c1-14-7(8(10,11)12)5-2-6(9)4-13-3-5/h2-4,7H,1H3. The number of alkyl halides is 3. The van der Waals surface area contributed by atoms with Crippen molar-refractivity contribution in [3.05, 3.63) is 28.5 Å². The molecule has 0 saturated carbocycles. The number of hydrogen-bond donors (Lipinski definition) is 0. The Morgan fingerprint density at radius 3 is 2.50 bits per heavy atom. The van der Waals surface area contributed by atoms with Crippen molar-refractivity contribution < 1.29 is 17.9 Å². The van der Waals surface area contributed by atoms with E-state index in [9.17, 15) is 13.2 Å². The zero-order valence-electron chi connectivity index (χ0n) is 7.18. The van der Waals surface area contributed by atoms with Crippen molar-refractivity contribution >= 4 is 15.9 Å². The summed E-state index contributed by atoms with van der Waals surface area (Å²) in [7, 11) is 1.01. The van der Waals surface area contributed by atoms with Gasteiger partial charge in [0.05, 0.1) is 0 Å². The van der Waals surface area contributed by atoms with Crippen molar-refractivity contribution in [1.29, 1.82) is 0 Å². The molecule has 0 bridgehead atoms. The predicted octanol–water partition coefficient (Wildman–Crippen LogP) is 3.09. The van der Waals surface area contributed by atoms with E-state index < -0.39 is 12.3 Å². The highest BCUT2D eigenvalue weighted by atomic mass is 79.9. The van der Waals surface area contributed by atoms with Crippen LogP contribution < -0.4 is 0 Å². The molecule has 0 N–H and O–H groups in total. The average molecular weight is 270 g/mol. The van der Waals surface area contributed by atoms with Gasteiger partial charge in [-0.25, -0.2) is 0 Å². The van der Waals surface area contributed by atoms with Crippen LogP contribution in [-0.4, -0.2) is 18.3 Å². The van der Waals surface area contributed by atoms with E-state index in [2.05, 4.69) is 25.7 Å². The number of nitrogens with zero attached hydrogens (tertiary/aromatic N) is 1. The first-order valence-corrected chi connectivity index (χ1v) is 4.44. The molecular formula is C8H7BrF3NO. The first-order valence-electron chi connectivity index (χ1n) is 3.65. The quantitative estimate of drug-likeness (QED) is 0.823. The summed E-state index contributed by atoms with van der Waals surface area (Å²) in [6.45, 7) is 0. The number of pyridine rings is 1. The molecule has 1 unspecified atom stereocenters. The van der Waals surface area contributed by atoms with E-state index >= 15 is 0 Å². The molecule has 0 spiro atoms. The molecule has 0 aliphatic carbocycles. The molecule has 6 heteroatoms. The van der Waals surface area contributed by atoms with Gasteiger partial charge in [0.25, 0.3) is 0 Å². The number of rotatable bonds is 2. The number of aromatic nitrogens is 1. The SMILES string of the molecule is COC(c1cncc(Br)c1)C(F)(F)F. The van der Waals surface area contributed by atoms with Crippen LogP contribution in [0.3, 0.4) is 0 Å². The van der Waals surface area contributed by atoms with Gasteiger partial charge in [-0.05, 0) is 22.0 Å². The molecular weight excluding hydrogens is 263 g/mol. The smallest absolute Gasteiger partial charge is 0.367 e. The lowest BCUT2D eigenvalue weighted by molar-refractivity contribution is -0.216. The van der Waals surface area contributed by atoms with E-state index in [4.69, 9.17) is 0 Å². The second-order valence-corrected chi connectivity index (χ2v) is 3.51. The maximum Gasteiger partial charge on any atom is 0.418 e. The number of halogens is 4. The fourth-order valence-corrected chi connectivity index (χ4v) is 1.41. The summed E-state index contributed by atoms with van der Waals surface area (Å²) in [5.74, 6) is 0. The Morgan fingerprint density at radius 1 is 1.43 bits per heavy atom. The van der Waals surface area contributed by atoms with E-state index in [1.165, 1.54) is 12.3 Å². The molecule has 0 aromatic carbocycles. The second kappa shape index (κ2) is 4.27. The Balaban J connectivity index is 3.01. The zero-order valence-corrected chi connectivity index (χ0v) is 8.76. The van der Waals surface area contributed by atoms with Crippen LogP contribution in [0.2, 0.25) is 0 Å². The summed E-state index contributed by atoms with van der Waals surface area (Å²) in [4.78, 5) is 3.64. The minimum absolute atomic E-state index is 0.0191. The summed E-state index contributed by atoms with van der Waals surface area (Å²) in [5.41, 5.74) is -0.0191. The molecule has 1 aromatic heterocycles. The van der Waals surface area contributed by atoms with Crippen molar-refractivity contribution in [2.45, 2.75) is 12.3 Å². The lowest BCUT2D eigenvalue weighted by atomic mass is 10.1. The zero-order chi connectivity index (χ0) is 10.8. The van der Waals surface area contributed by atoms with E-state index in [0.29, 0.717) is 4.47 Å². The fourth-order valence-electron chi connectivity index (χ4n) is 1.03. The van der Waals surface area contributed by atoms with E-state index in [-0.39, 0.29) is 5.56 Å². The summed E-state index contributed by atoms with van der Waals surface area (Å²) < 4.78 is 42.0. The molecule has 1 heterocycles. The van der Waals surface area contributed by atoms with Crippen molar-refractivity contribution in [2.75, 3.05) is 7.11 Å². The Kier molecular flexibility index (Phi) is 3.49. The largest absolute Gasteiger partial charge is 0.418 e. The maximum absolute atomic E-state index is 12.4. The number of ether oxygens (including phenoxy) is 1. The van der Waals surface area contributed by atoms with E-state index in [0.717, 1.165) is 13.3 Å². The van der Waals surface area contributed by atoms with Gasteiger partial charge >= 0.3 is 6.18 Å². The molecule has 1 aromatic rings. The topological polar surface area (TPSA) is 22.1 Å². The molecule has 0 aliphatic heterocycles. The van der Waals surface area contributed by atoms with Crippen LogP contribution in [-0.2, 0) is 4.74 Å². The van der Waals surface area contributed by atoms with Crippen LogP contribution in [0.15, 0.2) is 22.9 Å². The van der Waals surface area contributed by atoms with Gasteiger partial charge in [-0.1, -0.05) is 0 Å². The first-order chi connectivity index (χ1) is 6.45. The van der Waals surface area contributed by atoms with E-state index in [1.54, 1.807) is 0 Å². The van der Waals surface area contributed by atoms with Crippen molar-refractivity contribution in [3.8, 4) is 0 Å². The van der Waals surface area contributed by atoms with Gasteiger partial charge in [-0.3, -0.25) is 4.98 Å². The van der Waals surface area contributed by atoms with Gasteiger partial charge in [0.15, 0.2) is 6.10 Å². The average Bonchev–Trinajstić information content (AvgIpc) is 2.02. The molecule has 0 fully saturated rings. The highest BCUT2D eigenvalue weighted by Crippen LogP contribution is 2.35. The van der Waals surface area contributed by atoms with Crippen molar-refractivity contribution in [2.24, 2.45) is 0 Å². The highest BCUT2D eigenvalue weighted by Gasteiger charge is 2.41. The lowest BCUT2D eigenvalue weighted by Crippen LogP contribution is -2.22. The monoisotopic (exact) mass is 269 g/mol. The minimum atomic E-state index is -4.42. The molecule has 0 radical (unpaired) electrons. The van der Waals surface area contributed by atoms with Crippen LogP contribution in [0, 0.1) is 0 Å². The summed E-state index contributed by atoms with van der Waals surface area (Å²) in [6, 6.07) is 1.33. The molecule has 0 saturated heterocycles. The molecule has 1 rings (SSSR count).